The molecule has 3 aliphatic rings. The SMILES string of the molecule is CC(C)(C)OC(=O)N1CSC[C@H]1C(=O)N[C@@H](CSCC1CCCCC1)C(=O)N(CCO)C1CCN(Cc2ccccc2)CC1.Cl. The number of carbonyl (C=O) groups excluding carboxylic acids is 3. The number of ether oxygens (including phenoxy) is 1. The molecule has 0 radical (unpaired) electrons. The van der Waals surface area contributed by atoms with Crippen LogP contribution < -0.4 is 5.32 Å². The molecule has 1 aliphatic carbocycles. The van der Waals surface area contributed by atoms with E-state index in [1.165, 1.54) is 54.3 Å². The maximum atomic E-state index is 14.2. The average molecular weight is 685 g/mol. The summed E-state index contributed by atoms with van der Waals surface area (Å²) >= 11 is 3.24. The molecule has 1 saturated carbocycles. The Bertz CT molecular complexity index is 1060. The van der Waals surface area contributed by atoms with Crippen LogP contribution in [0.1, 0.15) is 71.3 Å². The van der Waals surface area contributed by atoms with Crippen molar-refractivity contribution in [1.29, 1.82) is 0 Å². The van der Waals surface area contributed by atoms with Gasteiger partial charge in [-0.05, 0) is 63.7 Å². The summed E-state index contributed by atoms with van der Waals surface area (Å²) in [5.41, 5.74) is 0.610. The molecule has 3 fully saturated rings. The topological polar surface area (TPSA) is 102 Å². The highest BCUT2D eigenvalue weighted by Gasteiger charge is 2.40. The van der Waals surface area contributed by atoms with E-state index in [9.17, 15) is 19.5 Å². The van der Waals surface area contributed by atoms with E-state index in [-0.39, 0.29) is 43.4 Å². The standard InChI is InChI=1S/C33H52N4O5S2.ClH/c1-33(2,3)42-32(41)37-24-44-23-29(37)30(39)34-28(22-43-21-26-12-8-5-9-13-26)31(40)36(18-19-38)27-14-16-35(17-15-27)20-25-10-6-4-7-11-25;/h4,6-7,10-11,26-29,38H,5,8-9,12-24H2,1-3H3,(H,34,39);1H/t28-,29-;/m0./s1. The van der Waals surface area contributed by atoms with Crippen molar-refractivity contribution < 1.29 is 24.2 Å². The van der Waals surface area contributed by atoms with E-state index in [2.05, 4.69) is 34.5 Å². The molecule has 3 amide bonds. The van der Waals surface area contributed by atoms with E-state index in [0.29, 0.717) is 23.3 Å². The molecule has 0 spiro atoms. The number of benzene rings is 1. The van der Waals surface area contributed by atoms with Crippen LogP contribution in [0.3, 0.4) is 0 Å². The lowest BCUT2D eigenvalue weighted by Crippen LogP contribution is -2.58. The molecule has 0 aromatic heterocycles. The Labute approximate surface area is 284 Å². The minimum atomic E-state index is -0.726. The van der Waals surface area contributed by atoms with Gasteiger partial charge in [-0.15, -0.1) is 24.2 Å². The van der Waals surface area contributed by atoms with Gasteiger partial charge in [0, 0.05) is 43.7 Å². The lowest BCUT2D eigenvalue weighted by Gasteiger charge is -2.40. The number of hydrogen-bond donors (Lipinski definition) is 2. The van der Waals surface area contributed by atoms with Gasteiger partial charge >= 0.3 is 6.09 Å². The molecule has 45 heavy (non-hydrogen) atoms. The number of halogens is 1. The molecule has 0 bridgehead atoms. The Morgan fingerprint density at radius 1 is 1.09 bits per heavy atom. The van der Waals surface area contributed by atoms with E-state index < -0.39 is 23.8 Å². The molecule has 9 nitrogen and oxygen atoms in total. The smallest absolute Gasteiger partial charge is 0.411 e. The lowest BCUT2D eigenvalue weighted by atomic mass is 9.91. The number of nitrogens with one attached hydrogen (secondary N) is 1. The number of piperidine rings is 1. The Hall–Kier alpha value is -1.66. The fourth-order valence-electron chi connectivity index (χ4n) is 6.32. The molecule has 1 aromatic carbocycles. The fraction of sp³-hybridized carbons (Fsp3) is 0.727. The zero-order valence-electron chi connectivity index (χ0n) is 27.2. The van der Waals surface area contributed by atoms with Gasteiger partial charge in [0.05, 0.1) is 12.5 Å². The minimum absolute atomic E-state index is 0. The van der Waals surface area contributed by atoms with Crippen molar-refractivity contribution in [2.45, 2.75) is 96.0 Å². The van der Waals surface area contributed by atoms with Crippen LogP contribution in [-0.2, 0) is 20.9 Å². The first-order valence-electron chi connectivity index (χ1n) is 16.3. The highest BCUT2D eigenvalue weighted by atomic mass is 35.5. The Kier molecular flexibility index (Phi) is 15.6. The van der Waals surface area contributed by atoms with Gasteiger partial charge in [0.25, 0.3) is 0 Å². The third-order valence-electron chi connectivity index (χ3n) is 8.66. The maximum Gasteiger partial charge on any atom is 0.411 e. The molecular weight excluding hydrogens is 632 g/mol. The van der Waals surface area contributed by atoms with Gasteiger partial charge < -0.3 is 20.1 Å². The van der Waals surface area contributed by atoms with Crippen LogP contribution in [0.15, 0.2) is 30.3 Å². The number of aliphatic hydroxyl groups is 1. The summed E-state index contributed by atoms with van der Waals surface area (Å²) in [6.45, 7) is 8.16. The molecule has 4 rings (SSSR count). The molecular formula is C33H53ClN4O5S2. The number of carbonyl (C=O) groups is 3. The second-order valence-corrected chi connectivity index (χ2v) is 15.4. The Balaban J connectivity index is 0.00000552. The first-order chi connectivity index (χ1) is 21.1. The van der Waals surface area contributed by atoms with E-state index in [4.69, 9.17) is 4.74 Å². The molecule has 2 N–H and O–H groups in total. The van der Waals surface area contributed by atoms with Gasteiger partial charge in [-0.3, -0.25) is 19.4 Å². The van der Waals surface area contributed by atoms with Crippen LogP contribution in [0.25, 0.3) is 0 Å². The van der Waals surface area contributed by atoms with Gasteiger partial charge in [-0.25, -0.2) is 4.79 Å². The molecule has 2 atom stereocenters. The molecule has 2 aliphatic heterocycles. The fourth-order valence-corrected chi connectivity index (χ4v) is 8.73. The van der Waals surface area contributed by atoms with Crippen LogP contribution >= 0.6 is 35.9 Å². The number of hydrogen-bond acceptors (Lipinski definition) is 8. The van der Waals surface area contributed by atoms with Gasteiger partial charge in [0.15, 0.2) is 0 Å². The van der Waals surface area contributed by atoms with Crippen molar-refractivity contribution in [2.24, 2.45) is 5.92 Å². The summed E-state index contributed by atoms with van der Waals surface area (Å²) in [5, 5.41) is 13.0. The third kappa shape index (κ3) is 11.8. The normalized spacial score (nSPS) is 20.7. The Morgan fingerprint density at radius 2 is 1.78 bits per heavy atom. The van der Waals surface area contributed by atoms with Crippen molar-refractivity contribution in [3.63, 3.8) is 0 Å². The summed E-state index contributed by atoms with van der Waals surface area (Å²) in [7, 11) is 0. The van der Waals surface area contributed by atoms with Crippen molar-refractivity contribution in [3.05, 3.63) is 35.9 Å². The number of nitrogens with zero attached hydrogens (tertiary/aromatic N) is 3. The average Bonchev–Trinajstić information content (AvgIpc) is 3.51. The molecule has 1 aromatic rings. The van der Waals surface area contributed by atoms with Crippen molar-refractivity contribution >= 4 is 53.8 Å². The van der Waals surface area contributed by atoms with Crippen LogP contribution in [0.4, 0.5) is 4.79 Å². The van der Waals surface area contributed by atoms with Crippen molar-refractivity contribution in [1.82, 2.24) is 20.0 Å². The molecule has 2 heterocycles. The maximum absolute atomic E-state index is 14.2. The van der Waals surface area contributed by atoms with Crippen molar-refractivity contribution in [2.75, 3.05) is 49.4 Å². The minimum Gasteiger partial charge on any atom is -0.444 e. The monoisotopic (exact) mass is 684 g/mol. The van der Waals surface area contributed by atoms with E-state index >= 15 is 0 Å². The summed E-state index contributed by atoms with van der Waals surface area (Å²) < 4.78 is 5.56. The first kappa shape index (κ1) is 37.8. The molecule has 254 valence electrons. The molecule has 2 saturated heterocycles. The summed E-state index contributed by atoms with van der Waals surface area (Å²) in [6.07, 6.45) is 7.39. The van der Waals surface area contributed by atoms with Crippen LogP contribution in [0, 0.1) is 5.92 Å². The zero-order chi connectivity index (χ0) is 31.5. The van der Waals surface area contributed by atoms with Crippen molar-refractivity contribution in [3.8, 4) is 0 Å². The quantitative estimate of drug-likeness (QED) is 0.317. The number of rotatable bonds is 12. The van der Waals surface area contributed by atoms with Crippen LogP contribution in [-0.4, -0.2) is 111 Å². The van der Waals surface area contributed by atoms with Gasteiger partial charge in [0.1, 0.15) is 17.7 Å². The van der Waals surface area contributed by atoms with Crippen LogP contribution in [0.2, 0.25) is 0 Å². The zero-order valence-corrected chi connectivity index (χ0v) is 29.6. The van der Waals surface area contributed by atoms with Gasteiger partial charge in [-0.1, -0.05) is 49.6 Å². The highest BCUT2D eigenvalue weighted by molar-refractivity contribution is 7.99. The third-order valence-corrected chi connectivity index (χ3v) is 10.9. The lowest BCUT2D eigenvalue weighted by molar-refractivity contribution is -0.140. The Morgan fingerprint density at radius 3 is 2.42 bits per heavy atom. The predicted octanol–water partition coefficient (Wildman–Crippen LogP) is 5.00. The summed E-state index contributed by atoms with van der Waals surface area (Å²) in [4.78, 5) is 46.4. The highest BCUT2D eigenvalue weighted by Crippen LogP contribution is 2.28. The number of aliphatic hydroxyl groups excluding tert-OH is 1. The number of amides is 3. The van der Waals surface area contributed by atoms with E-state index in [1.807, 2.05) is 26.8 Å². The number of likely N-dealkylation sites (tertiary alicyclic amines) is 1. The predicted molar refractivity (Wildman–Crippen MR) is 186 cm³/mol. The van der Waals surface area contributed by atoms with Gasteiger partial charge in [0.2, 0.25) is 11.8 Å². The second-order valence-electron chi connectivity index (χ2n) is 13.3. The van der Waals surface area contributed by atoms with Gasteiger partial charge in [-0.2, -0.15) is 11.8 Å². The van der Waals surface area contributed by atoms with E-state index in [0.717, 1.165) is 38.2 Å². The van der Waals surface area contributed by atoms with E-state index in [1.54, 1.807) is 16.7 Å². The molecule has 12 heteroatoms. The molecule has 0 unspecified atom stereocenters. The first-order valence-corrected chi connectivity index (χ1v) is 18.6. The second kappa shape index (κ2) is 18.6. The summed E-state index contributed by atoms with van der Waals surface area (Å²) in [6, 6.07) is 9.00. The van der Waals surface area contributed by atoms with Crippen LogP contribution in [0.5, 0.6) is 0 Å². The largest absolute Gasteiger partial charge is 0.444 e. The summed E-state index contributed by atoms with van der Waals surface area (Å²) in [5.74, 6) is 2.47. The number of thioether (sulfide) groups is 2.